The van der Waals surface area contributed by atoms with E-state index in [9.17, 15) is 14.9 Å². The van der Waals surface area contributed by atoms with E-state index in [1.165, 1.54) is 12.1 Å². The lowest BCUT2D eigenvalue weighted by Gasteiger charge is -2.30. The zero-order valence-electron chi connectivity index (χ0n) is 11.2. The quantitative estimate of drug-likeness (QED) is 0.657. The topological polar surface area (TPSA) is 83.7 Å². The summed E-state index contributed by atoms with van der Waals surface area (Å²) in [5, 5.41) is 19.6. The van der Waals surface area contributed by atoms with Gasteiger partial charge in [0.15, 0.2) is 0 Å². The number of nitro benzene ring substituents is 1. The molecule has 0 aliphatic carbocycles. The summed E-state index contributed by atoms with van der Waals surface area (Å²) in [5.41, 5.74) is 1.13. The third-order valence-corrected chi connectivity index (χ3v) is 3.72. The maximum Gasteiger partial charge on any atom is 0.307 e. The lowest BCUT2D eigenvalue weighted by atomic mass is 9.98. The van der Waals surface area contributed by atoms with Crippen molar-refractivity contribution in [1.29, 1.82) is 0 Å². The normalized spacial score (nSPS) is 19.7. The number of carboxylic acid groups (broad SMARTS) is 1. The summed E-state index contributed by atoms with van der Waals surface area (Å²) in [6, 6.07) is 6.53. The number of nitro groups is 1. The molecule has 1 N–H and O–H groups in total. The average Bonchev–Trinajstić information content (AvgIpc) is 2.46. The van der Waals surface area contributed by atoms with Crippen LogP contribution in [-0.4, -0.2) is 40.5 Å². The summed E-state index contributed by atoms with van der Waals surface area (Å²) >= 11 is 0. The molecular formula is C14H18N2O4. The molecule has 108 valence electrons. The third kappa shape index (κ3) is 3.77. The van der Waals surface area contributed by atoms with Crippen LogP contribution in [0.1, 0.15) is 18.4 Å². The molecule has 1 heterocycles. The van der Waals surface area contributed by atoms with Gasteiger partial charge in [-0.2, -0.15) is 0 Å². The minimum atomic E-state index is -0.718. The number of piperidine rings is 1. The molecule has 0 radical (unpaired) electrons. The first-order chi connectivity index (χ1) is 9.56. The Bertz CT molecular complexity index is 486. The zero-order valence-corrected chi connectivity index (χ0v) is 11.2. The fourth-order valence-electron chi connectivity index (χ4n) is 2.53. The minimum absolute atomic E-state index is 0.0951. The van der Waals surface area contributed by atoms with Crippen LogP contribution >= 0.6 is 0 Å². The summed E-state index contributed by atoms with van der Waals surface area (Å²) in [5.74, 6) is -0.981. The van der Waals surface area contributed by atoms with Crippen molar-refractivity contribution in [3.05, 3.63) is 39.9 Å². The van der Waals surface area contributed by atoms with Gasteiger partial charge in [-0.05, 0) is 31.4 Å². The molecule has 0 spiro atoms. The van der Waals surface area contributed by atoms with E-state index in [-0.39, 0.29) is 11.6 Å². The van der Waals surface area contributed by atoms with Gasteiger partial charge in [0.25, 0.3) is 5.69 Å². The largest absolute Gasteiger partial charge is 0.481 e. The van der Waals surface area contributed by atoms with E-state index in [0.717, 1.165) is 37.9 Å². The number of rotatable bonds is 5. The first-order valence-electron chi connectivity index (χ1n) is 6.75. The van der Waals surface area contributed by atoms with Gasteiger partial charge in [0, 0.05) is 25.2 Å². The molecule has 1 atom stereocenters. The number of benzene rings is 1. The summed E-state index contributed by atoms with van der Waals surface area (Å²) in [6.07, 6.45) is 2.45. The van der Waals surface area contributed by atoms with Crippen molar-refractivity contribution in [2.45, 2.75) is 19.3 Å². The molecule has 0 amide bonds. The van der Waals surface area contributed by atoms with E-state index in [4.69, 9.17) is 5.11 Å². The van der Waals surface area contributed by atoms with E-state index in [1.807, 2.05) is 0 Å². The molecule has 1 aromatic carbocycles. The van der Waals surface area contributed by atoms with Gasteiger partial charge >= 0.3 is 5.97 Å². The molecule has 0 aromatic heterocycles. The number of carbonyl (C=O) groups is 1. The first-order valence-corrected chi connectivity index (χ1v) is 6.75. The number of aliphatic carboxylic acids is 1. The van der Waals surface area contributed by atoms with Crippen molar-refractivity contribution in [3.63, 3.8) is 0 Å². The molecule has 1 aliphatic rings. The fourth-order valence-corrected chi connectivity index (χ4v) is 2.53. The number of hydrogen-bond donors (Lipinski definition) is 1. The van der Waals surface area contributed by atoms with Gasteiger partial charge in [-0.1, -0.05) is 12.1 Å². The van der Waals surface area contributed by atoms with Gasteiger partial charge < -0.3 is 10.0 Å². The van der Waals surface area contributed by atoms with Crippen LogP contribution in [0.15, 0.2) is 24.3 Å². The predicted molar refractivity (Wildman–Crippen MR) is 73.6 cm³/mol. The van der Waals surface area contributed by atoms with Crippen LogP contribution < -0.4 is 0 Å². The van der Waals surface area contributed by atoms with Gasteiger partial charge in [-0.3, -0.25) is 14.9 Å². The smallest absolute Gasteiger partial charge is 0.307 e. The fraction of sp³-hybridized carbons (Fsp3) is 0.500. The number of nitrogens with zero attached hydrogens (tertiary/aromatic N) is 2. The molecule has 2 rings (SSSR count). The monoisotopic (exact) mass is 278 g/mol. The van der Waals surface area contributed by atoms with Crippen LogP contribution in [0.4, 0.5) is 5.69 Å². The number of likely N-dealkylation sites (tertiary alicyclic amines) is 1. The van der Waals surface area contributed by atoms with Gasteiger partial charge in [0.2, 0.25) is 0 Å². The van der Waals surface area contributed by atoms with E-state index < -0.39 is 10.9 Å². The second-order valence-electron chi connectivity index (χ2n) is 5.15. The molecule has 1 aromatic rings. The molecule has 6 heteroatoms. The molecule has 6 nitrogen and oxygen atoms in total. The molecular weight excluding hydrogens is 260 g/mol. The number of hydrogen-bond acceptors (Lipinski definition) is 4. The van der Waals surface area contributed by atoms with Crippen LogP contribution in [0, 0.1) is 16.0 Å². The van der Waals surface area contributed by atoms with Crippen LogP contribution in [0.5, 0.6) is 0 Å². The highest BCUT2D eigenvalue weighted by Crippen LogP contribution is 2.18. The van der Waals surface area contributed by atoms with Crippen molar-refractivity contribution in [1.82, 2.24) is 4.90 Å². The highest BCUT2D eigenvalue weighted by atomic mass is 16.6. The number of carboxylic acids is 1. The summed E-state index contributed by atoms with van der Waals surface area (Å²) in [6.45, 7) is 2.32. The Balaban J connectivity index is 1.85. The Morgan fingerprint density at radius 2 is 2.10 bits per heavy atom. The van der Waals surface area contributed by atoms with E-state index in [2.05, 4.69) is 4.90 Å². The van der Waals surface area contributed by atoms with Crippen molar-refractivity contribution < 1.29 is 14.8 Å². The Kier molecular flexibility index (Phi) is 4.68. The SMILES string of the molecule is O=C(O)C1CCCN(CCc2ccc([N+](=O)[O-])cc2)C1. The molecule has 0 saturated carbocycles. The van der Waals surface area contributed by atoms with Gasteiger partial charge in [-0.25, -0.2) is 0 Å². The summed E-state index contributed by atoms with van der Waals surface area (Å²) in [7, 11) is 0. The number of non-ortho nitro benzene ring substituents is 1. The Morgan fingerprint density at radius 1 is 1.40 bits per heavy atom. The molecule has 1 fully saturated rings. The Hall–Kier alpha value is -1.95. The maximum atomic E-state index is 11.0. The van der Waals surface area contributed by atoms with E-state index >= 15 is 0 Å². The first kappa shape index (κ1) is 14.5. The molecule has 1 unspecified atom stereocenters. The van der Waals surface area contributed by atoms with Crippen LogP contribution in [0.25, 0.3) is 0 Å². The summed E-state index contributed by atoms with van der Waals surface area (Å²) < 4.78 is 0. The van der Waals surface area contributed by atoms with Crippen molar-refractivity contribution in [3.8, 4) is 0 Å². The van der Waals surface area contributed by atoms with Gasteiger partial charge in [-0.15, -0.1) is 0 Å². The standard InChI is InChI=1S/C14H18N2O4/c17-14(18)12-2-1-8-15(10-12)9-7-11-3-5-13(6-4-11)16(19)20/h3-6,12H,1-2,7-10H2,(H,17,18). The van der Waals surface area contributed by atoms with Crippen LogP contribution in [0.3, 0.4) is 0 Å². The summed E-state index contributed by atoms with van der Waals surface area (Å²) in [4.78, 5) is 23.3. The lowest BCUT2D eigenvalue weighted by molar-refractivity contribution is -0.384. The third-order valence-electron chi connectivity index (χ3n) is 3.72. The predicted octanol–water partition coefficient (Wildman–Crippen LogP) is 1.93. The van der Waals surface area contributed by atoms with Gasteiger partial charge in [0.1, 0.15) is 0 Å². The minimum Gasteiger partial charge on any atom is -0.481 e. The molecule has 1 saturated heterocycles. The van der Waals surface area contributed by atoms with Crippen LogP contribution in [0.2, 0.25) is 0 Å². The second kappa shape index (κ2) is 6.47. The van der Waals surface area contributed by atoms with Crippen molar-refractivity contribution in [2.75, 3.05) is 19.6 Å². The Labute approximate surface area is 117 Å². The van der Waals surface area contributed by atoms with Crippen molar-refractivity contribution >= 4 is 11.7 Å². The average molecular weight is 278 g/mol. The highest BCUT2D eigenvalue weighted by Gasteiger charge is 2.24. The maximum absolute atomic E-state index is 11.0. The van der Waals surface area contributed by atoms with E-state index in [0.29, 0.717) is 6.54 Å². The van der Waals surface area contributed by atoms with E-state index in [1.54, 1.807) is 12.1 Å². The molecule has 20 heavy (non-hydrogen) atoms. The van der Waals surface area contributed by atoms with Crippen LogP contribution in [-0.2, 0) is 11.2 Å². The zero-order chi connectivity index (χ0) is 14.5. The second-order valence-corrected chi connectivity index (χ2v) is 5.15. The lowest BCUT2D eigenvalue weighted by Crippen LogP contribution is -2.39. The molecule has 0 bridgehead atoms. The van der Waals surface area contributed by atoms with Crippen molar-refractivity contribution in [2.24, 2.45) is 5.92 Å². The highest BCUT2D eigenvalue weighted by molar-refractivity contribution is 5.70. The Morgan fingerprint density at radius 3 is 2.70 bits per heavy atom. The molecule has 1 aliphatic heterocycles. The van der Waals surface area contributed by atoms with Gasteiger partial charge in [0.05, 0.1) is 10.8 Å².